The smallest absolute Gasteiger partial charge is 0.165 e. The van der Waals surface area contributed by atoms with E-state index in [0.29, 0.717) is 21.5 Å². The van der Waals surface area contributed by atoms with Crippen molar-refractivity contribution in [3.8, 4) is 0 Å². The summed E-state index contributed by atoms with van der Waals surface area (Å²) < 4.78 is 0. The topological polar surface area (TPSA) is 21.6 Å². The van der Waals surface area contributed by atoms with Crippen molar-refractivity contribution in [3.63, 3.8) is 0 Å². The molecule has 0 saturated carbocycles. The van der Waals surface area contributed by atoms with Crippen molar-refractivity contribution < 1.29 is 4.84 Å². The number of benzene rings is 1. The van der Waals surface area contributed by atoms with Crippen LogP contribution in [-0.4, -0.2) is 5.71 Å². The van der Waals surface area contributed by atoms with Gasteiger partial charge in [0.05, 0.1) is 20.8 Å². The molecule has 122 valence electrons. The van der Waals surface area contributed by atoms with Gasteiger partial charge in [-0.3, -0.25) is 0 Å². The zero-order chi connectivity index (χ0) is 16.8. The second-order valence-electron chi connectivity index (χ2n) is 6.99. The fourth-order valence-corrected chi connectivity index (χ4v) is 3.50. The summed E-state index contributed by atoms with van der Waals surface area (Å²) in [7, 11) is 0. The maximum Gasteiger partial charge on any atom is 0.165 e. The zero-order valence-electron chi connectivity index (χ0n) is 13.3. The summed E-state index contributed by atoms with van der Waals surface area (Å²) in [4.78, 5) is 5.76. The molecule has 0 bridgehead atoms. The molecule has 1 aromatic rings. The molecule has 2 nitrogen and oxygen atoms in total. The van der Waals surface area contributed by atoms with E-state index in [-0.39, 0.29) is 5.41 Å². The Morgan fingerprint density at radius 1 is 1.09 bits per heavy atom. The molecule has 3 rings (SSSR count). The predicted octanol–water partition coefficient (Wildman–Crippen LogP) is 6.55. The summed E-state index contributed by atoms with van der Waals surface area (Å²) in [5.74, 6) is 0. The molecule has 0 radical (unpaired) electrons. The molecule has 5 heteroatoms. The number of hydrogen-bond donors (Lipinski definition) is 0. The first-order valence-electron chi connectivity index (χ1n) is 7.50. The predicted molar refractivity (Wildman–Crippen MR) is 97.6 cm³/mol. The maximum atomic E-state index is 6.15. The van der Waals surface area contributed by atoms with Crippen LogP contribution in [0.2, 0.25) is 15.1 Å². The molecule has 1 atom stereocenters. The van der Waals surface area contributed by atoms with E-state index in [2.05, 4.69) is 37.2 Å². The molecule has 0 saturated heterocycles. The molecule has 23 heavy (non-hydrogen) atoms. The zero-order valence-corrected chi connectivity index (χ0v) is 15.6. The number of halogens is 3. The summed E-state index contributed by atoms with van der Waals surface area (Å²) in [6.45, 7) is 6.41. The van der Waals surface area contributed by atoms with Crippen LogP contribution in [0.5, 0.6) is 0 Å². The van der Waals surface area contributed by atoms with Gasteiger partial charge in [-0.1, -0.05) is 72.0 Å². The van der Waals surface area contributed by atoms with Crippen LogP contribution in [-0.2, 0) is 10.4 Å². The molecule has 1 unspecified atom stereocenters. The second kappa shape index (κ2) is 5.84. The molecule has 1 aliphatic carbocycles. The minimum absolute atomic E-state index is 0.137. The van der Waals surface area contributed by atoms with Gasteiger partial charge < -0.3 is 4.84 Å². The Bertz CT molecular complexity index is 726. The fourth-order valence-electron chi connectivity index (χ4n) is 2.91. The van der Waals surface area contributed by atoms with E-state index < -0.39 is 5.60 Å². The van der Waals surface area contributed by atoms with Crippen LogP contribution in [0.1, 0.15) is 39.2 Å². The van der Waals surface area contributed by atoms with Crippen LogP contribution in [0.4, 0.5) is 0 Å². The van der Waals surface area contributed by atoms with E-state index in [4.69, 9.17) is 39.6 Å². The van der Waals surface area contributed by atoms with Crippen molar-refractivity contribution in [3.05, 3.63) is 56.6 Å². The summed E-state index contributed by atoms with van der Waals surface area (Å²) >= 11 is 18.3. The molecule has 0 N–H and O–H groups in total. The number of nitrogens with zero attached hydrogens (tertiary/aromatic N) is 1. The first-order chi connectivity index (χ1) is 10.7. The molecular weight excluding hydrogens is 353 g/mol. The summed E-state index contributed by atoms with van der Waals surface area (Å²) in [5, 5.41) is 5.52. The van der Waals surface area contributed by atoms with E-state index in [9.17, 15) is 0 Å². The minimum Gasteiger partial charge on any atom is -0.384 e. The van der Waals surface area contributed by atoms with Crippen LogP contribution in [0.25, 0.3) is 0 Å². The van der Waals surface area contributed by atoms with E-state index >= 15 is 0 Å². The summed E-state index contributed by atoms with van der Waals surface area (Å²) in [5.41, 5.74) is 2.48. The van der Waals surface area contributed by atoms with Gasteiger partial charge in [-0.15, -0.1) is 0 Å². The number of allylic oxidation sites excluding steroid dienone is 4. The van der Waals surface area contributed by atoms with Crippen LogP contribution >= 0.6 is 34.8 Å². The first-order valence-corrected chi connectivity index (χ1v) is 8.63. The lowest BCUT2D eigenvalue weighted by atomic mass is 9.80. The largest absolute Gasteiger partial charge is 0.384 e. The Hall–Kier alpha value is -0.960. The molecule has 0 fully saturated rings. The van der Waals surface area contributed by atoms with Gasteiger partial charge >= 0.3 is 0 Å². The van der Waals surface area contributed by atoms with Crippen molar-refractivity contribution in [1.82, 2.24) is 0 Å². The minimum atomic E-state index is -0.594. The lowest BCUT2D eigenvalue weighted by Gasteiger charge is -2.24. The molecule has 0 aromatic heterocycles. The van der Waals surface area contributed by atoms with Crippen molar-refractivity contribution in [1.29, 1.82) is 0 Å². The summed E-state index contributed by atoms with van der Waals surface area (Å²) in [6.07, 6.45) is 8.24. The van der Waals surface area contributed by atoms with Crippen LogP contribution in [0.3, 0.4) is 0 Å². The normalized spacial score (nSPS) is 25.8. The van der Waals surface area contributed by atoms with Gasteiger partial charge in [-0.25, -0.2) is 0 Å². The molecule has 2 aliphatic rings. The monoisotopic (exact) mass is 369 g/mol. The first kappa shape index (κ1) is 16.9. The van der Waals surface area contributed by atoms with Gasteiger partial charge in [0.25, 0.3) is 0 Å². The average Bonchev–Trinajstić information content (AvgIpc) is 2.87. The SMILES string of the molecule is CC1(C)C=C(C2=NOC(C)(c3cc(Cl)c(Cl)c(Cl)c3)C2)C=CC1. The van der Waals surface area contributed by atoms with E-state index in [1.54, 1.807) is 12.1 Å². The highest BCUT2D eigenvalue weighted by Gasteiger charge is 2.38. The van der Waals surface area contributed by atoms with Crippen LogP contribution < -0.4 is 0 Å². The van der Waals surface area contributed by atoms with Gasteiger partial charge in [-0.05, 0) is 36.5 Å². The number of hydrogen-bond acceptors (Lipinski definition) is 2. The Morgan fingerprint density at radius 3 is 2.35 bits per heavy atom. The fraction of sp³-hybridized carbons (Fsp3) is 0.389. The van der Waals surface area contributed by atoms with Crippen molar-refractivity contribution in [2.24, 2.45) is 10.6 Å². The molecule has 1 aliphatic heterocycles. The van der Waals surface area contributed by atoms with Crippen molar-refractivity contribution >= 4 is 40.5 Å². The highest BCUT2D eigenvalue weighted by Crippen LogP contribution is 2.42. The average molecular weight is 371 g/mol. The standard InChI is InChI=1S/C18H18Cl3NO/c1-17(2)6-4-5-11(9-17)15-10-18(3,23-22-15)12-7-13(19)16(21)14(20)8-12/h4-5,7-9H,6,10H2,1-3H3. The van der Waals surface area contributed by atoms with Gasteiger partial charge in [0.2, 0.25) is 0 Å². The van der Waals surface area contributed by atoms with Gasteiger partial charge in [0.15, 0.2) is 5.60 Å². The molecule has 0 spiro atoms. The van der Waals surface area contributed by atoms with Crippen LogP contribution in [0.15, 0.2) is 41.1 Å². The van der Waals surface area contributed by atoms with Crippen molar-refractivity contribution in [2.75, 3.05) is 0 Å². The van der Waals surface area contributed by atoms with Gasteiger partial charge in [-0.2, -0.15) is 0 Å². The Kier molecular flexibility index (Phi) is 4.29. The number of oxime groups is 1. The highest BCUT2D eigenvalue weighted by molar-refractivity contribution is 6.48. The molecular formula is C18H18Cl3NO. The quantitative estimate of drug-likeness (QED) is 0.541. The summed E-state index contributed by atoms with van der Waals surface area (Å²) in [6, 6.07) is 3.59. The third-order valence-corrected chi connectivity index (χ3v) is 5.47. The van der Waals surface area contributed by atoms with E-state index in [1.807, 2.05) is 6.92 Å². The highest BCUT2D eigenvalue weighted by atomic mass is 35.5. The maximum absolute atomic E-state index is 6.15. The Morgan fingerprint density at radius 2 is 1.74 bits per heavy atom. The van der Waals surface area contributed by atoms with Crippen molar-refractivity contribution in [2.45, 2.75) is 39.2 Å². The molecule has 0 amide bonds. The lowest BCUT2D eigenvalue weighted by molar-refractivity contribution is -0.00737. The van der Waals surface area contributed by atoms with E-state index in [0.717, 1.165) is 23.3 Å². The van der Waals surface area contributed by atoms with Gasteiger partial charge in [0.1, 0.15) is 0 Å². The Labute approximate surface area is 151 Å². The number of rotatable bonds is 2. The Balaban J connectivity index is 1.88. The third-order valence-electron chi connectivity index (χ3n) is 4.28. The second-order valence-corrected chi connectivity index (χ2v) is 8.18. The van der Waals surface area contributed by atoms with Crippen LogP contribution in [0, 0.1) is 5.41 Å². The van der Waals surface area contributed by atoms with Gasteiger partial charge in [0, 0.05) is 12.0 Å². The molecule has 1 aromatic carbocycles. The lowest BCUT2D eigenvalue weighted by Crippen LogP contribution is -2.23. The van der Waals surface area contributed by atoms with E-state index in [1.165, 1.54) is 0 Å². The third kappa shape index (κ3) is 3.31. The molecule has 1 heterocycles.